The van der Waals surface area contributed by atoms with Crippen molar-refractivity contribution in [2.45, 2.75) is 25.3 Å². The van der Waals surface area contributed by atoms with Crippen molar-refractivity contribution in [3.8, 4) is 0 Å². The van der Waals surface area contributed by atoms with Gasteiger partial charge in [0.1, 0.15) is 6.04 Å². The first kappa shape index (κ1) is 29.4. The number of nitrogens with one attached hydrogen (secondary N) is 3. The van der Waals surface area contributed by atoms with Crippen molar-refractivity contribution >= 4 is 29.1 Å². The summed E-state index contributed by atoms with van der Waals surface area (Å²) in [5, 5.41) is 17.0. The third kappa shape index (κ3) is 12.1. The maximum Gasteiger partial charge on any atom is 0.316 e. The Morgan fingerprint density at radius 2 is 1.54 bits per heavy atom. The quantitative estimate of drug-likeness (QED) is 0.148. The van der Waals surface area contributed by atoms with Crippen LogP contribution in [0.25, 0.3) is 0 Å². The largest absolute Gasteiger partial charge is 0.377 e. The number of nitrogens with zero attached hydrogens (tertiary/aromatic N) is 1. The van der Waals surface area contributed by atoms with Crippen molar-refractivity contribution in [2.75, 3.05) is 44.8 Å². The van der Waals surface area contributed by atoms with E-state index in [9.17, 15) is 19.3 Å². The molecule has 0 aliphatic carbocycles. The minimum Gasteiger partial charge on any atom is -0.377 e. The van der Waals surface area contributed by atoms with Crippen molar-refractivity contribution < 1.29 is 39.7 Å². The van der Waals surface area contributed by atoms with Crippen LogP contribution >= 0.6 is 0 Å². The third-order valence-corrected chi connectivity index (χ3v) is 5.10. The number of anilines is 1. The van der Waals surface area contributed by atoms with Gasteiger partial charge in [-0.3, -0.25) is 14.4 Å². The smallest absolute Gasteiger partial charge is 0.316 e. The van der Waals surface area contributed by atoms with Gasteiger partial charge in [-0.25, -0.2) is 5.21 Å². The molecule has 0 aromatic heterocycles. The summed E-state index contributed by atoms with van der Waals surface area (Å²) in [4.78, 5) is 48.2. The normalized spacial score (nSPS) is 11.4. The Balaban J connectivity index is 1.82. The Morgan fingerprint density at radius 3 is 2.19 bits per heavy atom. The minimum absolute atomic E-state index is 0.00994. The SMILES string of the molecule is [NH3+]CCOCCOCCNC(=O)CCC(=O)N[C@@H](Cc1ccccc1)C(=O)Nc1ccc([N+](=O)O)cc1. The predicted molar refractivity (Wildman–Crippen MR) is 134 cm³/mol. The van der Waals surface area contributed by atoms with Crippen LogP contribution in [0.15, 0.2) is 54.6 Å². The van der Waals surface area contributed by atoms with E-state index in [4.69, 9.17) is 14.7 Å². The van der Waals surface area contributed by atoms with Crippen LogP contribution in [0.1, 0.15) is 18.4 Å². The maximum absolute atomic E-state index is 12.9. The fourth-order valence-corrected chi connectivity index (χ4v) is 3.23. The van der Waals surface area contributed by atoms with E-state index in [1.54, 1.807) is 0 Å². The van der Waals surface area contributed by atoms with Crippen LogP contribution in [-0.2, 0) is 30.3 Å². The Kier molecular flexibility index (Phi) is 13.3. The first-order valence-electron chi connectivity index (χ1n) is 12.0. The molecule has 12 heteroatoms. The summed E-state index contributed by atoms with van der Waals surface area (Å²) in [5.74, 6) is -1.20. The molecule has 0 spiro atoms. The molecule has 0 heterocycles. The van der Waals surface area contributed by atoms with Crippen molar-refractivity contribution in [3.63, 3.8) is 0 Å². The van der Waals surface area contributed by atoms with Gasteiger partial charge in [0.15, 0.2) is 0 Å². The number of hydrogen-bond acceptors (Lipinski definition) is 6. The van der Waals surface area contributed by atoms with Crippen LogP contribution in [0, 0.1) is 4.91 Å². The fraction of sp³-hybridized carbons (Fsp3) is 0.400. The zero-order valence-electron chi connectivity index (χ0n) is 20.7. The zero-order valence-corrected chi connectivity index (χ0v) is 20.7. The van der Waals surface area contributed by atoms with Gasteiger partial charge >= 0.3 is 5.69 Å². The highest BCUT2D eigenvalue weighted by Crippen LogP contribution is 2.15. The molecule has 12 nitrogen and oxygen atoms in total. The van der Waals surface area contributed by atoms with Gasteiger partial charge in [0.2, 0.25) is 17.7 Å². The van der Waals surface area contributed by atoms with Gasteiger partial charge in [0.05, 0.1) is 37.9 Å². The van der Waals surface area contributed by atoms with Crippen molar-refractivity contribution in [3.05, 3.63) is 65.1 Å². The summed E-state index contributed by atoms with van der Waals surface area (Å²) in [6.45, 7) is 2.81. The van der Waals surface area contributed by atoms with Gasteiger partial charge in [0, 0.05) is 43.6 Å². The van der Waals surface area contributed by atoms with E-state index in [2.05, 4.69) is 21.7 Å². The summed E-state index contributed by atoms with van der Waals surface area (Å²) < 4.78 is 10.6. The van der Waals surface area contributed by atoms with Crippen molar-refractivity contribution in [1.29, 1.82) is 0 Å². The van der Waals surface area contributed by atoms with Crippen molar-refractivity contribution in [1.82, 2.24) is 10.6 Å². The summed E-state index contributed by atoms with van der Waals surface area (Å²) in [6.07, 6.45) is 0.116. The molecule has 0 aliphatic rings. The minimum atomic E-state index is -0.898. The molecule has 0 saturated carbocycles. The zero-order chi connectivity index (χ0) is 26.9. The lowest BCUT2D eigenvalue weighted by molar-refractivity contribution is -0.729. The first-order valence-corrected chi connectivity index (χ1v) is 12.0. The molecule has 0 saturated heterocycles. The highest BCUT2D eigenvalue weighted by Gasteiger charge is 2.22. The van der Waals surface area contributed by atoms with Crippen LogP contribution in [0.3, 0.4) is 0 Å². The van der Waals surface area contributed by atoms with E-state index >= 15 is 0 Å². The van der Waals surface area contributed by atoms with E-state index < -0.39 is 17.9 Å². The molecule has 0 aliphatic heterocycles. The van der Waals surface area contributed by atoms with Gasteiger partial charge < -0.3 is 31.2 Å². The predicted octanol–water partition coefficient (Wildman–Crippen LogP) is 0.324. The number of amides is 3. The van der Waals surface area contributed by atoms with Crippen LogP contribution in [0.2, 0.25) is 0 Å². The molecule has 0 unspecified atom stereocenters. The molecule has 2 aromatic carbocycles. The number of quaternary nitrogens is 1. The summed E-state index contributed by atoms with van der Waals surface area (Å²) in [6, 6.07) is 13.9. The van der Waals surface area contributed by atoms with Crippen molar-refractivity contribution in [2.24, 2.45) is 0 Å². The average molecular weight is 518 g/mol. The maximum atomic E-state index is 12.9. The average Bonchev–Trinajstić information content (AvgIpc) is 2.89. The van der Waals surface area contributed by atoms with Crippen LogP contribution in [-0.4, -0.2) is 73.4 Å². The summed E-state index contributed by atoms with van der Waals surface area (Å²) in [5.41, 5.74) is 4.91. The second-order valence-electron chi connectivity index (χ2n) is 8.05. The van der Waals surface area contributed by atoms with Crippen LogP contribution < -0.4 is 21.7 Å². The van der Waals surface area contributed by atoms with Crippen LogP contribution in [0.5, 0.6) is 0 Å². The lowest BCUT2D eigenvalue weighted by atomic mass is 10.0. The topological polar surface area (TPSA) is 174 Å². The standard InChI is InChI=1S/C25H33N5O7/c26-12-14-36-16-17-37-15-13-27-23(31)10-11-24(32)29-22(18-19-4-2-1-3-5-19)25(33)28-20-6-8-21(9-7-20)30(34)35/h1-9,22H,10-18,26H2,(H3-,27,28,29,31,32,33,34,35)/p+2/t22-/m0/s1. The molecule has 37 heavy (non-hydrogen) atoms. The van der Waals surface area contributed by atoms with E-state index in [0.29, 0.717) is 45.2 Å². The van der Waals surface area contributed by atoms with E-state index in [0.717, 1.165) is 5.56 Å². The third-order valence-electron chi connectivity index (χ3n) is 5.10. The van der Waals surface area contributed by atoms with Gasteiger partial charge in [-0.15, -0.1) is 0 Å². The molecule has 0 fully saturated rings. The van der Waals surface area contributed by atoms with E-state index in [-0.39, 0.29) is 35.8 Å². The number of ether oxygens (including phenoxy) is 2. The number of carbonyl (C=O) groups is 3. The lowest BCUT2D eigenvalue weighted by Crippen LogP contribution is -2.52. The van der Waals surface area contributed by atoms with Gasteiger partial charge in [-0.1, -0.05) is 30.3 Å². The summed E-state index contributed by atoms with van der Waals surface area (Å²) >= 11 is 0. The number of benzene rings is 2. The molecule has 200 valence electrons. The molecular formula is C25H35N5O7+2. The molecule has 7 N–H and O–H groups in total. The molecule has 0 bridgehead atoms. The second kappa shape index (κ2) is 16.7. The number of hydrogen-bond donors (Lipinski definition) is 5. The van der Waals surface area contributed by atoms with Gasteiger partial charge in [-0.2, -0.15) is 0 Å². The summed E-state index contributed by atoms with van der Waals surface area (Å²) in [7, 11) is 0. The first-order chi connectivity index (χ1) is 17.9. The van der Waals surface area contributed by atoms with E-state index in [1.165, 1.54) is 24.3 Å². The Morgan fingerprint density at radius 1 is 0.892 bits per heavy atom. The Bertz CT molecular complexity index is 1000. The molecule has 0 radical (unpaired) electrons. The monoisotopic (exact) mass is 517 g/mol. The highest BCUT2D eigenvalue weighted by molar-refractivity contribution is 5.97. The Hall–Kier alpha value is -3.87. The van der Waals surface area contributed by atoms with Gasteiger partial charge in [-0.05, 0) is 17.7 Å². The second-order valence-corrected chi connectivity index (χ2v) is 8.05. The molecular weight excluding hydrogens is 482 g/mol. The lowest BCUT2D eigenvalue weighted by Gasteiger charge is -2.19. The molecule has 2 rings (SSSR count). The Labute approximate surface area is 215 Å². The fourth-order valence-electron chi connectivity index (χ4n) is 3.23. The van der Waals surface area contributed by atoms with E-state index in [1.807, 2.05) is 30.3 Å². The number of carbonyl (C=O) groups excluding carboxylic acids is 3. The molecule has 3 amide bonds. The number of rotatable bonds is 17. The van der Waals surface area contributed by atoms with Gasteiger partial charge in [0.25, 0.3) is 4.92 Å². The molecule has 1 atom stereocenters. The molecule has 2 aromatic rings. The van der Waals surface area contributed by atoms with Crippen LogP contribution in [0.4, 0.5) is 11.4 Å². The highest BCUT2D eigenvalue weighted by atomic mass is 16.6.